The molecule has 0 unspecified atom stereocenters. The number of aliphatic hydroxyl groups is 2. The van der Waals surface area contributed by atoms with Crippen molar-refractivity contribution >= 4 is 6.09 Å². The fraction of sp³-hybridized carbons (Fsp3) is 0.632. The van der Waals surface area contributed by atoms with Gasteiger partial charge in [-0.05, 0) is 50.0 Å². The summed E-state index contributed by atoms with van der Waals surface area (Å²) in [5.41, 5.74) is 1.15. The smallest absolute Gasteiger partial charge is 0.410 e. The Hall–Kier alpha value is -1.63. The number of amides is 1. The van der Waals surface area contributed by atoms with E-state index in [4.69, 9.17) is 14.9 Å². The zero-order valence-electron chi connectivity index (χ0n) is 15.8. The third-order valence-corrected chi connectivity index (χ3v) is 4.27. The summed E-state index contributed by atoms with van der Waals surface area (Å²) in [6, 6.07) is 7.62. The molecule has 0 radical (unpaired) electrons. The molecule has 0 aliphatic heterocycles. The van der Waals surface area contributed by atoms with E-state index in [1.807, 2.05) is 12.1 Å². The van der Waals surface area contributed by atoms with E-state index in [1.54, 1.807) is 6.07 Å². The minimum atomic E-state index is -0.561. The second-order valence-electron chi connectivity index (χ2n) is 6.63. The maximum atomic E-state index is 12.2. The molecule has 1 aromatic rings. The first-order chi connectivity index (χ1) is 11.9. The van der Waals surface area contributed by atoms with Crippen LogP contribution in [0.5, 0.6) is 5.75 Å². The lowest BCUT2D eigenvalue weighted by Gasteiger charge is -2.26. The molecule has 6 heteroatoms. The molecule has 6 nitrogen and oxygen atoms in total. The molecule has 0 aliphatic carbocycles. The summed E-state index contributed by atoms with van der Waals surface area (Å²) in [5, 5.41) is 18.1. The van der Waals surface area contributed by atoms with E-state index in [2.05, 4.69) is 38.9 Å². The lowest BCUT2D eigenvalue weighted by Crippen LogP contribution is -2.37. The Balaban J connectivity index is 2.86. The van der Waals surface area contributed by atoms with Gasteiger partial charge in [0.25, 0.3) is 0 Å². The number of hydrogen-bond acceptors (Lipinski definition) is 5. The molecule has 0 bridgehead atoms. The van der Waals surface area contributed by atoms with Gasteiger partial charge >= 0.3 is 6.09 Å². The van der Waals surface area contributed by atoms with Gasteiger partial charge < -0.3 is 24.7 Å². The summed E-state index contributed by atoms with van der Waals surface area (Å²) >= 11 is 0. The number of aliphatic hydroxyl groups excluding tert-OH is 2. The average molecular weight is 352 g/mol. The molecule has 2 atom stereocenters. The largest absolute Gasteiger partial charge is 0.415 e. The quantitative estimate of drug-likeness (QED) is 0.675. The van der Waals surface area contributed by atoms with Crippen LogP contribution in [0.1, 0.15) is 31.7 Å². The van der Waals surface area contributed by atoms with Crippen molar-refractivity contribution < 1.29 is 19.7 Å². The third kappa shape index (κ3) is 7.02. The zero-order chi connectivity index (χ0) is 18.8. The molecule has 0 aliphatic rings. The predicted molar refractivity (Wildman–Crippen MR) is 99.0 cm³/mol. The van der Waals surface area contributed by atoms with Crippen molar-refractivity contribution in [1.82, 2.24) is 9.80 Å². The highest BCUT2D eigenvalue weighted by Crippen LogP contribution is 2.30. The van der Waals surface area contributed by atoms with Crippen LogP contribution < -0.4 is 4.74 Å². The Labute approximate surface area is 151 Å². The monoisotopic (exact) mass is 352 g/mol. The number of carbonyl (C=O) groups is 1. The average Bonchev–Trinajstić information content (AvgIpc) is 2.55. The first kappa shape index (κ1) is 21.4. The van der Waals surface area contributed by atoms with Gasteiger partial charge in [0.2, 0.25) is 0 Å². The third-order valence-electron chi connectivity index (χ3n) is 4.27. The molecule has 0 saturated carbocycles. The van der Waals surface area contributed by atoms with Crippen LogP contribution in [0, 0.1) is 5.92 Å². The van der Waals surface area contributed by atoms with E-state index in [0.717, 1.165) is 18.5 Å². The summed E-state index contributed by atoms with van der Waals surface area (Å²) in [6.07, 6.45) is 0.447. The van der Waals surface area contributed by atoms with Crippen molar-refractivity contribution in [2.45, 2.75) is 26.2 Å². The Bertz CT molecular complexity index is 516. The molecular weight excluding hydrogens is 320 g/mol. The normalized spacial score (nSPS) is 13.6. The second kappa shape index (κ2) is 11.1. The van der Waals surface area contributed by atoms with Crippen LogP contribution in [0.2, 0.25) is 0 Å². The Morgan fingerprint density at radius 2 is 1.84 bits per heavy atom. The van der Waals surface area contributed by atoms with E-state index < -0.39 is 6.09 Å². The van der Waals surface area contributed by atoms with Gasteiger partial charge in [0.05, 0.1) is 13.2 Å². The van der Waals surface area contributed by atoms with E-state index in [1.165, 1.54) is 4.90 Å². The van der Waals surface area contributed by atoms with Crippen LogP contribution in [-0.4, -0.2) is 73.0 Å². The van der Waals surface area contributed by atoms with Gasteiger partial charge in [0.15, 0.2) is 0 Å². The number of benzene rings is 1. The molecule has 0 saturated heterocycles. The summed E-state index contributed by atoms with van der Waals surface area (Å²) in [5.74, 6) is 1.34. The number of nitrogens with zero attached hydrogens (tertiary/aromatic N) is 2. The van der Waals surface area contributed by atoms with Crippen molar-refractivity contribution in [2.75, 3.05) is 46.9 Å². The number of rotatable bonds is 10. The summed E-state index contributed by atoms with van der Waals surface area (Å²) < 4.78 is 5.43. The molecule has 0 fully saturated rings. The fourth-order valence-electron chi connectivity index (χ4n) is 3.18. The summed E-state index contributed by atoms with van der Waals surface area (Å²) in [7, 11) is 4.14. The van der Waals surface area contributed by atoms with Crippen LogP contribution >= 0.6 is 0 Å². The summed E-state index contributed by atoms with van der Waals surface area (Å²) in [6.45, 7) is 5.32. The highest BCUT2D eigenvalue weighted by Gasteiger charge is 2.20. The van der Waals surface area contributed by atoms with E-state index in [9.17, 15) is 4.79 Å². The molecule has 0 heterocycles. The number of hydrogen-bond donors (Lipinski definition) is 2. The molecule has 1 amide bonds. The van der Waals surface area contributed by atoms with Crippen molar-refractivity contribution in [2.24, 2.45) is 5.92 Å². The Morgan fingerprint density at radius 3 is 2.36 bits per heavy atom. The van der Waals surface area contributed by atoms with Gasteiger partial charge in [-0.15, -0.1) is 0 Å². The van der Waals surface area contributed by atoms with Gasteiger partial charge in [-0.3, -0.25) is 0 Å². The van der Waals surface area contributed by atoms with Crippen molar-refractivity contribution in [1.29, 1.82) is 0 Å². The van der Waals surface area contributed by atoms with Gasteiger partial charge in [-0.25, -0.2) is 4.79 Å². The second-order valence-corrected chi connectivity index (χ2v) is 6.63. The molecule has 2 N–H and O–H groups in total. The van der Waals surface area contributed by atoms with Crippen molar-refractivity contribution in [3.05, 3.63) is 29.8 Å². The standard InChI is InChI=1S/C19H32N2O4/c1-5-18(15(2)14-20(3)4)16-7-6-8-17(13-16)25-19(24)21(9-11-22)10-12-23/h6-8,13,15,18,22-23H,5,9-12,14H2,1-4H3/t15-,18+/m0/s1. The highest BCUT2D eigenvalue weighted by molar-refractivity contribution is 5.70. The van der Waals surface area contributed by atoms with Crippen LogP contribution in [0.3, 0.4) is 0 Å². The maximum absolute atomic E-state index is 12.2. The first-order valence-electron chi connectivity index (χ1n) is 8.86. The topological polar surface area (TPSA) is 73.2 Å². The number of ether oxygens (including phenoxy) is 1. The maximum Gasteiger partial charge on any atom is 0.415 e. The summed E-state index contributed by atoms with van der Waals surface area (Å²) in [4.78, 5) is 15.7. The van der Waals surface area contributed by atoms with Crippen LogP contribution in [-0.2, 0) is 0 Å². The van der Waals surface area contributed by atoms with Crippen LogP contribution in [0.4, 0.5) is 4.79 Å². The number of carbonyl (C=O) groups excluding carboxylic acids is 1. The van der Waals surface area contributed by atoms with E-state index >= 15 is 0 Å². The minimum absolute atomic E-state index is 0.135. The van der Waals surface area contributed by atoms with Gasteiger partial charge in [-0.1, -0.05) is 26.0 Å². The Morgan fingerprint density at radius 1 is 1.20 bits per heavy atom. The molecule has 25 heavy (non-hydrogen) atoms. The molecule has 0 aromatic heterocycles. The lowest BCUT2D eigenvalue weighted by molar-refractivity contribution is 0.125. The lowest BCUT2D eigenvalue weighted by atomic mass is 9.85. The van der Waals surface area contributed by atoms with Crippen LogP contribution in [0.25, 0.3) is 0 Å². The Kier molecular flexibility index (Phi) is 9.49. The van der Waals surface area contributed by atoms with Gasteiger partial charge in [0, 0.05) is 19.6 Å². The van der Waals surface area contributed by atoms with Gasteiger partial charge in [-0.2, -0.15) is 0 Å². The zero-order valence-corrected chi connectivity index (χ0v) is 15.8. The molecule has 142 valence electrons. The molecular formula is C19H32N2O4. The van der Waals surface area contributed by atoms with Crippen molar-refractivity contribution in [3.8, 4) is 5.75 Å². The molecule has 1 rings (SSSR count). The molecule has 1 aromatic carbocycles. The van der Waals surface area contributed by atoms with Crippen LogP contribution in [0.15, 0.2) is 24.3 Å². The SMILES string of the molecule is CC[C@@H](c1cccc(OC(=O)N(CCO)CCO)c1)[C@@H](C)CN(C)C. The minimum Gasteiger partial charge on any atom is -0.410 e. The molecule has 0 spiro atoms. The predicted octanol–water partition coefficient (Wildman–Crippen LogP) is 2.16. The van der Waals surface area contributed by atoms with E-state index in [0.29, 0.717) is 17.6 Å². The van der Waals surface area contributed by atoms with E-state index in [-0.39, 0.29) is 26.3 Å². The van der Waals surface area contributed by atoms with Crippen molar-refractivity contribution in [3.63, 3.8) is 0 Å². The fourth-order valence-corrected chi connectivity index (χ4v) is 3.18. The first-order valence-corrected chi connectivity index (χ1v) is 8.86. The highest BCUT2D eigenvalue weighted by atomic mass is 16.6. The van der Waals surface area contributed by atoms with Gasteiger partial charge in [0.1, 0.15) is 5.75 Å².